The van der Waals surface area contributed by atoms with Gasteiger partial charge in [0.25, 0.3) is 0 Å². The third-order valence-electron chi connectivity index (χ3n) is 3.37. The van der Waals surface area contributed by atoms with Gasteiger partial charge in [-0.2, -0.15) is 11.8 Å². The number of piperidine rings is 1. The quantitative estimate of drug-likeness (QED) is 0.720. The first-order valence-corrected chi connectivity index (χ1v) is 6.54. The van der Waals surface area contributed by atoms with Crippen LogP contribution in [0.3, 0.4) is 0 Å². The van der Waals surface area contributed by atoms with Crippen LogP contribution < -0.4 is 5.32 Å². The van der Waals surface area contributed by atoms with Crippen molar-refractivity contribution in [1.82, 2.24) is 10.2 Å². The van der Waals surface area contributed by atoms with Gasteiger partial charge in [0.2, 0.25) is 0 Å². The summed E-state index contributed by atoms with van der Waals surface area (Å²) in [4.78, 5) is 2.64. The van der Waals surface area contributed by atoms with E-state index in [9.17, 15) is 0 Å². The molecular formula is C10H20N2S. The molecule has 2 nitrogen and oxygen atoms in total. The fraction of sp³-hybridized carbons (Fsp3) is 1.00. The number of rotatable bonds is 2. The van der Waals surface area contributed by atoms with Gasteiger partial charge in [-0.1, -0.05) is 0 Å². The fourth-order valence-electron chi connectivity index (χ4n) is 2.36. The zero-order valence-corrected chi connectivity index (χ0v) is 9.28. The fourth-order valence-corrected chi connectivity index (χ4v) is 3.63. The summed E-state index contributed by atoms with van der Waals surface area (Å²) in [6, 6.07) is 1.72. The van der Waals surface area contributed by atoms with Crippen molar-refractivity contribution in [3.63, 3.8) is 0 Å². The molecule has 2 rings (SSSR count). The van der Waals surface area contributed by atoms with Crippen molar-refractivity contribution >= 4 is 11.8 Å². The van der Waals surface area contributed by atoms with Crippen LogP contribution in [-0.2, 0) is 0 Å². The zero-order valence-electron chi connectivity index (χ0n) is 8.46. The van der Waals surface area contributed by atoms with Gasteiger partial charge in [-0.05, 0) is 45.2 Å². The average Bonchev–Trinajstić information content (AvgIpc) is 2.71. The van der Waals surface area contributed by atoms with E-state index >= 15 is 0 Å². The third kappa shape index (κ3) is 2.39. The summed E-state index contributed by atoms with van der Waals surface area (Å²) in [7, 11) is 2.33. The van der Waals surface area contributed by atoms with Crippen LogP contribution in [0, 0.1) is 0 Å². The minimum atomic E-state index is 0.852. The Kier molecular flexibility index (Phi) is 3.52. The van der Waals surface area contributed by atoms with Crippen LogP contribution in [0.15, 0.2) is 0 Å². The van der Waals surface area contributed by atoms with Gasteiger partial charge in [0.1, 0.15) is 0 Å². The zero-order chi connectivity index (χ0) is 9.10. The van der Waals surface area contributed by atoms with E-state index in [1.165, 1.54) is 43.9 Å². The molecule has 0 bridgehead atoms. The number of nitrogens with zero attached hydrogens (tertiary/aromatic N) is 1. The van der Waals surface area contributed by atoms with Crippen LogP contribution in [0.25, 0.3) is 0 Å². The molecule has 0 unspecified atom stereocenters. The van der Waals surface area contributed by atoms with Crippen LogP contribution in [0.4, 0.5) is 0 Å². The second-order valence-electron chi connectivity index (χ2n) is 4.16. The van der Waals surface area contributed by atoms with E-state index < -0.39 is 0 Å². The Balaban J connectivity index is 1.83. The molecule has 0 radical (unpaired) electrons. The highest BCUT2D eigenvalue weighted by Gasteiger charge is 2.26. The summed E-state index contributed by atoms with van der Waals surface area (Å²) in [5.74, 6) is 2.74. The van der Waals surface area contributed by atoms with Gasteiger partial charge in [-0.3, -0.25) is 4.90 Å². The second-order valence-corrected chi connectivity index (χ2v) is 5.31. The van der Waals surface area contributed by atoms with Crippen LogP contribution in [0.2, 0.25) is 0 Å². The van der Waals surface area contributed by atoms with Gasteiger partial charge in [0.15, 0.2) is 0 Å². The molecule has 0 amide bonds. The van der Waals surface area contributed by atoms with E-state index in [1.54, 1.807) is 0 Å². The lowest BCUT2D eigenvalue weighted by Gasteiger charge is -2.35. The minimum Gasteiger partial charge on any atom is -0.317 e. The molecule has 1 N–H and O–H groups in total. The largest absolute Gasteiger partial charge is 0.317 e. The first-order valence-electron chi connectivity index (χ1n) is 5.38. The van der Waals surface area contributed by atoms with Gasteiger partial charge in [-0.25, -0.2) is 0 Å². The molecule has 3 heteroatoms. The predicted octanol–water partition coefficient (Wildman–Crippen LogP) is 1.18. The van der Waals surface area contributed by atoms with Crippen molar-refractivity contribution in [3.8, 4) is 0 Å². The van der Waals surface area contributed by atoms with Crippen LogP contribution in [0.1, 0.15) is 19.3 Å². The van der Waals surface area contributed by atoms with Crippen molar-refractivity contribution in [3.05, 3.63) is 0 Å². The van der Waals surface area contributed by atoms with E-state index in [0.717, 1.165) is 12.1 Å². The van der Waals surface area contributed by atoms with Crippen LogP contribution in [-0.4, -0.2) is 48.6 Å². The maximum absolute atomic E-state index is 3.43. The molecule has 2 saturated heterocycles. The van der Waals surface area contributed by atoms with Crippen molar-refractivity contribution in [2.75, 3.05) is 31.6 Å². The Morgan fingerprint density at radius 3 is 2.54 bits per heavy atom. The van der Waals surface area contributed by atoms with E-state index in [4.69, 9.17) is 0 Å². The molecule has 13 heavy (non-hydrogen) atoms. The second kappa shape index (κ2) is 4.67. The summed E-state index contributed by atoms with van der Waals surface area (Å²) >= 11 is 2.12. The standard InChI is InChI=1S/C10H20N2S/c1-12(10-4-7-13-8-10)9-2-5-11-6-3-9/h9-11H,2-8H2,1H3/t10-/m0/s1. The molecule has 2 aliphatic heterocycles. The topological polar surface area (TPSA) is 15.3 Å². The monoisotopic (exact) mass is 200 g/mol. The highest BCUT2D eigenvalue weighted by Crippen LogP contribution is 2.24. The third-order valence-corrected chi connectivity index (χ3v) is 4.51. The Bertz CT molecular complexity index is 151. The molecule has 0 aromatic rings. The highest BCUT2D eigenvalue weighted by molar-refractivity contribution is 7.99. The van der Waals surface area contributed by atoms with Gasteiger partial charge < -0.3 is 5.32 Å². The molecule has 2 aliphatic rings. The number of hydrogen-bond donors (Lipinski definition) is 1. The van der Waals surface area contributed by atoms with Crippen molar-refractivity contribution in [2.24, 2.45) is 0 Å². The Labute approximate surface area is 85.4 Å². The Hall–Kier alpha value is 0.270. The molecule has 0 aromatic carbocycles. The average molecular weight is 200 g/mol. The number of nitrogens with one attached hydrogen (secondary N) is 1. The summed E-state index contributed by atoms with van der Waals surface area (Å²) in [6.45, 7) is 2.43. The molecule has 0 saturated carbocycles. The van der Waals surface area contributed by atoms with Crippen molar-refractivity contribution in [1.29, 1.82) is 0 Å². The number of thioether (sulfide) groups is 1. The molecule has 0 aliphatic carbocycles. The minimum absolute atomic E-state index is 0.852. The lowest BCUT2D eigenvalue weighted by Crippen LogP contribution is -2.45. The lowest BCUT2D eigenvalue weighted by atomic mass is 10.0. The molecular weight excluding hydrogens is 180 g/mol. The molecule has 2 heterocycles. The SMILES string of the molecule is CN(C1CCNCC1)[C@H]1CCSC1. The van der Waals surface area contributed by atoms with E-state index in [0.29, 0.717) is 0 Å². The Morgan fingerprint density at radius 1 is 1.15 bits per heavy atom. The first kappa shape index (κ1) is 9.81. The normalized spacial score (nSPS) is 31.4. The van der Waals surface area contributed by atoms with E-state index in [2.05, 4.69) is 29.0 Å². The highest BCUT2D eigenvalue weighted by atomic mass is 32.2. The maximum Gasteiger partial charge on any atom is 0.0194 e. The van der Waals surface area contributed by atoms with Gasteiger partial charge in [0.05, 0.1) is 0 Å². The van der Waals surface area contributed by atoms with Gasteiger partial charge in [-0.15, -0.1) is 0 Å². The summed E-state index contributed by atoms with van der Waals surface area (Å²) in [6.07, 6.45) is 4.10. The Morgan fingerprint density at radius 2 is 1.92 bits per heavy atom. The first-order chi connectivity index (χ1) is 6.38. The molecule has 0 aromatic heterocycles. The predicted molar refractivity (Wildman–Crippen MR) is 59.4 cm³/mol. The van der Waals surface area contributed by atoms with Crippen LogP contribution >= 0.6 is 11.8 Å². The molecule has 76 valence electrons. The van der Waals surface area contributed by atoms with E-state index in [-0.39, 0.29) is 0 Å². The maximum atomic E-state index is 3.43. The van der Waals surface area contributed by atoms with Crippen molar-refractivity contribution in [2.45, 2.75) is 31.3 Å². The van der Waals surface area contributed by atoms with Gasteiger partial charge in [0, 0.05) is 17.8 Å². The summed E-state index contributed by atoms with van der Waals surface area (Å²) in [5, 5.41) is 3.43. The van der Waals surface area contributed by atoms with E-state index in [1.807, 2.05) is 0 Å². The summed E-state index contributed by atoms with van der Waals surface area (Å²) < 4.78 is 0. The molecule has 0 spiro atoms. The number of hydrogen-bond acceptors (Lipinski definition) is 3. The summed E-state index contributed by atoms with van der Waals surface area (Å²) in [5.41, 5.74) is 0. The molecule has 2 fully saturated rings. The smallest absolute Gasteiger partial charge is 0.0194 e. The van der Waals surface area contributed by atoms with Gasteiger partial charge >= 0.3 is 0 Å². The molecule has 1 atom stereocenters. The lowest BCUT2D eigenvalue weighted by molar-refractivity contribution is 0.155. The van der Waals surface area contributed by atoms with Crippen LogP contribution in [0.5, 0.6) is 0 Å². The van der Waals surface area contributed by atoms with Crippen molar-refractivity contribution < 1.29 is 0 Å².